The summed E-state index contributed by atoms with van der Waals surface area (Å²) in [5.74, 6) is 0.968. The number of hydrogen-bond donors (Lipinski definition) is 0. The first-order chi connectivity index (χ1) is 13.9. The Bertz CT molecular complexity index is 734. The molecule has 1 aliphatic rings. The lowest BCUT2D eigenvalue weighted by atomic mass is 10.0. The van der Waals surface area contributed by atoms with Crippen LogP contribution in [0.15, 0.2) is 61.3 Å². The van der Waals surface area contributed by atoms with Crippen molar-refractivity contribution in [2.45, 2.75) is 53.9 Å². The molecule has 0 N–H and O–H groups in total. The van der Waals surface area contributed by atoms with E-state index in [0.29, 0.717) is 0 Å². The predicted octanol–water partition coefficient (Wildman–Crippen LogP) is 7.41. The fraction of sp³-hybridized carbons (Fsp3) is 0.444. The Morgan fingerprint density at radius 1 is 1.17 bits per heavy atom. The van der Waals surface area contributed by atoms with E-state index < -0.39 is 0 Å². The lowest BCUT2D eigenvalue weighted by molar-refractivity contribution is 0.149. The van der Waals surface area contributed by atoms with Crippen molar-refractivity contribution < 1.29 is 0 Å². The Kier molecular flexibility index (Phi) is 11.9. The van der Waals surface area contributed by atoms with Gasteiger partial charge >= 0.3 is 0 Å². The van der Waals surface area contributed by atoms with E-state index in [0.717, 1.165) is 24.5 Å². The maximum atomic E-state index is 4.64. The van der Waals surface area contributed by atoms with E-state index in [-0.39, 0.29) is 0 Å². The second kappa shape index (κ2) is 13.9. The van der Waals surface area contributed by atoms with Gasteiger partial charge in [-0.25, -0.2) is 0 Å². The molecule has 0 amide bonds. The lowest BCUT2D eigenvalue weighted by Crippen LogP contribution is -2.41. The van der Waals surface area contributed by atoms with E-state index >= 15 is 0 Å². The highest BCUT2D eigenvalue weighted by molar-refractivity contribution is 5.68. The molecule has 158 valence electrons. The van der Waals surface area contributed by atoms with Crippen LogP contribution in [0, 0.1) is 12.8 Å². The van der Waals surface area contributed by atoms with Gasteiger partial charge in [-0.15, -0.1) is 6.58 Å². The molecule has 0 saturated carbocycles. The zero-order valence-corrected chi connectivity index (χ0v) is 19.4. The van der Waals surface area contributed by atoms with E-state index in [1.165, 1.54) is 41.8 Å². The van der Waals surface area contributed by atoms with Gasteiger partial charge in [0.05, 0.1) is 5.69 Å². The maximum absolute atomic E-state index is 4.64. The quantitative estimate of drug-likeness (QED) is 0.492. The Labute approximate surface area is 179 Å². The zero-order valence-electron chi connectivity index (χ0n) is 19.4. The predicted molar refractivity (Wildman–Crippen MR) is 130 cm³/mol. The molecule has 1 aromatic carbocycles. The van der Waals surface area contributed by atoms with Gasteiger partial charge in [-0.3, -0.25) is 4.98 Å². The Hall–Kier alpha value is -2.19. The van der Waals surface area contributed by atoms with Crippen molar-refractivity contribution in [3.05, 3.63) is 72.6 Å². The van der Waals surface area contributed by atoms with Crippen molar-refractivity contribution in [2.75, 3.05) is 20.1 Å². The van der Waals surface area contributed by atoms with Gasteiger partial charge in [0, 0.05) is 24.8 Å². The third-order valence-electron chi connectivity index (χ3n) is 4.83. The number of benzene rings is 1. The van der Waals surface area contributed by atoms with Crippen molar-refractivity contribution >= 4 is 5.57 Å². The standard InChI is InChI=1S/C18H21N.C5H11N.C4H8/c1-4-5-9-14(2)18-15(3)12-17(13-19-18)16-10-7-6-8-11-16;1-5-3-6(2)4-5;1-3-4-2/h6-13H,4-5H2,1-3H3;5H,3-4H2,1-2H3;3H,1,4H2,2H3/b14-9-;;. The molecule has 2 nitrogen and oxygen atoms in total. The van der Waals surface area contributed by atoms with Gasteiger partial charge in [-0.1, -0.05) is 69.7 Å². The highest BCUT2D eigenvalue weighted by Gasteiger charge is 2.16. The normalized spacial score (nSPS) is 14.1. The van der Waals surface area contributed by atoms with Crippen molar-refractivity contribution in [1.29, 1.82) is 0 Å². The molecule has 0 radical (unpaired) electrons. The van der Waals surface area contributed by atoms with Crippen LogP contribution in [-0.4, -0.2) is 30.0 Å². The number of likely N-dealkylation sites (tertiary alicyclic amines) is 1. The number of rotatable bonds is 5. The highest BCUT2D eigenvalue weighted by Crippen LogP contribution is 2.23. The highest BCUT2D eigenvalue weighted by atomic mass is 15.2. The van der Waals surface area contributed by atoms with Crippen molar-refractivity contribution in [2.24, 2.45) is 5.92 Å². The average Bonchev–Trinajstić information content (AvgIpc) is 2.72. The number of unbranched alkanes of at least 4 members (excludes halogenated alkanes) is 1. The molecule has 0 spiro atoms. The minimum absolute atomic E-state index is 0.968. The third-order valence-corrected chi connectivity index (χ3v) is 4.83. The summed E-state index contributed by atoms with van der Waals surface area (Å²) >= 11 is 0. The molecule has 3 rings (SSSR count). The largest absolute Gasteiger partial charge is 0.306 e. The molecular formula is C27H40N2. The summed E-state index contributed by atoms with van der Waals surface area (Å²) in [6.45, 7) is 16.9. The second-order valence-corrected chi connectivity index (χ2v) is 7.95. The summed E-state index contributed by atoms with van der Waals surface area (Å²) in [6.07, 6.45) is 9.50. The fourth-order valence-corrected chi connectivity index (χ4v) is 3.24. The number of pyridine rings is 1. The third kappa shape index (κ3) is 9.23. The van der Waals surface area contributed by atoms with Crippen LogP contribution in [0.25, 0.3) is 16.7 Å². The van der Waals surface area contributed by atoms with Crippen molar-refractivity contribution in [1.82, 2.24) is 9.88 Å². The van der Waals surface area contributed by atoms with Crippen LogP contribution < -0.4 is 0 Å². The monoisotopic (exact) mass is 392 g/mol. The summed E-state index contributed by atoms with van der Waals surface area (Å²) in [5.41, 5.74) is 6.04. The topological polar surface area (TPSA) is 16.1 Å². The van der Waals surface area contributed by atoms with Gasteiger partial charge < -0.3 is 4.90 Å². The van der Waals surface area contributed by atoms with Gasteiger partial charge in [-0.2, -0.15) is 0 Å². The zero-order chi connectivity index (χ0) is 21.6. The van der Waals surface area contributed by atoms with Crippen LogP contribution in [0.4, 0.5) is 0 Å². The second-order valence-electron chi connectivity index (χ2n) is 7.95. The van der Waals surface area contributed by atoms with Gasteiger partial charge in [0.2, 0.25) is 0 Å². The lowest BCUT2D eigenvalue weighted by Gasteiger charge is -2.33. The molecule has 1 aliphatic heterocycles. The first kappa shape index (κ1) is 24.8. The average molecular weight is 393 g/mol. The first-order valence-electron chi connectivity index (χ1n) is 10.9. The summed E-state index contributed by atoms with van der Waals surface area (Å²) in [7, 11) is 2.15. The van der Waals surface area contributed by atoms with Crippen LogP contribution in [0.5, 0.6) is 0 Å². The summed E-state index contributed by atoms with van der Waals surface area (Å²) < 4.78 is 0. The molecule has 0 aliphatic carbocycles. The number of allylic oxidation sites excluding steroid dienone is 3. The Morgan fingerprint density at radius 2 is 1.79 bits per heavy atom. The van der Waals surface area contributed by atoms with Crippen LogP contribution in [0.1, 0.15) is 58.2 Å². The molecule has 29 heavy (non-hydrogen) atoms. The van der Waals surface area contributed by atoms with Crippen molar-refractivity contribution in [3.8, 4) is 11.1 Å². The summed E-state index contributed by atoms with van der Waals surface area (Å²) in [6, 6.07) is 12.6. The number of hydrogen-bond acceptors (Lipinski definition) is 2. The molecule has 1 aromatic heterocycles. The Morgan fingerprint density at radius 3 is 2.21 bits per heavy atom. The van der Waals surface area contributed by atoms with Gasteiger partial charge in [-0.05, 0) is 62.4 Å². The number of aromatic nitrogens is 1. The van der Waals surface area contributed by atoms with Gasteiger partial charge in [0.1, 0.15) is 0 Å². The van der Waals surface area contributed by atoms with Crippen molar-refractivity contribution in [3.63, 3.8) is 0 Å². The summed E-state index contributed by atoms with van der Waals surface area (Å²) in [4.78, 5) is 6.96. The van der Waals surface area contributed by atoms with Crippen LogP contribution in [0.2, 0.25) is 0 Å². The molecule has 1 saturated heterocycles. The molecule has 0 bridgehead atoms. The molecule has 0 unspecified atom stereocenters. The van der Waals surface area contributed by atoms with E-state index in [9.17, 15) is 0 Å². The van der Waals surface area contributed by atoms with E-state index in [1.807, 2.05) is 18.3 Å². The molecular weight excluding hydrogens is 352 g/mol. The molecule has 1 fully saturated rings. The molecule has 2 heterocycles. The summed E-state index contributed by atoms with van der Waals surface area (Å²) in [5, 5.41) is 0. The molecule has 2 heteroatoms. The van der Waals surface area contributed by atoms with Crippen LogP contribution >= 0.6 is 0 Å². The van der Waals surface area contributed by atoms with E-state index in [1.54, 1.807) is 0 Å². The van der Waals surface area contributed by atoms with Crippen LogP contribution in [0.3, 0.4) is 0 Å². The molecule has 2 aromatic rings. The Balaban J connectivity index is 0.000000345. The minimum Gasteiger partial charge on any atom is -0.306 e. The smallest absolute Gasteiger partial charge is 0.0685 e. The number of aryl methyl sites for hydroxylation is 1. The fourth-order valence-electron chi connectivity index (χ4n) is 3.24. The number of nitrogens with zero attached hydrogens (tertiary/aromatic N) is 2. The SMILES string of the molecule is C=CCC.CC1CN(C)C1.CCC/C=C(/C)c1ncc(-c2ccccc2)cc1C. The minimum atomic E-state index is 0.968. The van der Waals surface area contributed by atoms with E-state index in [2.05, 4.69) is 94.5 Å². The van der Waals surface area contributed by atoms with Gasteiger partial charge in [0.25, 0.3) is 0 Å². The first-order valence-corrected chi connectivity index (χ1v) is 10.9. The van der Waals surface area contributed by atoms with E-state index in [4.69, 9.17) is 0 Å². The van der Waals surface area contributed by atoms with Gasteiger partial charge in [0.15, 0.2) is 0 Å². The molecule has 0 atom stereocenters. The van der Waals surface area contributed by atoms with Crippen LogP contribution in [-0.2, 0) is 0 Å². The maximum Gasteiger partial charge on any atom is 0.0685 e.